The third-order valence-corrected chi connectivity index (χ3v) is 6.99. The van der Waals surface area contributed by atoms with Gasteiger partial charge in [0, 0.05) is 23.0 Å². The molecule has 0 fully saturated rings. The maximum Gasteiger partial charge on any atom is 0.119 e. The van der Waals surface area contributed by atoms with E-state index in [1.165, 1.54) is 0 Å². The van der Waals surface area contributed by atoms with Crippen molar-refractivity contribution < 1.29 is 18.9 Å². The minimum Gasteiger partial charge on any atom is -0.493 e. The Morgan fingerprint density at radius 1 is 0.333 bits per heavy atom. The molecule has 0 saturated heterocycles. The van der Waals surface area contributed by atoms with E-state index in [2.05, 4.69) is 99.0 Å². The summed E-state index contributed by atoms with van der Waals surface area (Å²) >= 11 is 17.1. The molecular weight excluding hydrogens is 601 g/mol. The summed E-state index contributed by atoms with van der Waals surface area (Å²) in [5.41, 5.74) is 6.36. The SMILES string of the molecule is SCCOc1ccc(C(=C(c2ccc(OCCS)cc2)c2ccc(OCCS)cc2)c2ccc(OCCS)cc2)cc1. The average Bonchev–Trinajstić information content (AvgIpc) is 3.04. The summed E-state index contributed by atoms with van der Waals surface area (Å²) in [6.45, 7) is 2.20. The second-order valence-corrected chi connectivity index (χ2v) is 10.9. The van der Waals surface area contributed by atoms with Crippen LogP contribution in [0.5, 0.6) is 23.0 Å². The highest BCUT2D eigenvalue weighted by atomic mass is 32.1. The lowest BCUT2D eigenvalue weighted by Gasteiger charge is -2.19. The summed E-state index contributed by atoms with van der Waals surface area (Å²) < 4.78 is 23.3. The minimum absolute atomic E-state index is 0.549. The number of hydrogen-bond acceptors (Lipinski definition) is 8. The van der Waals surface area contributed by atoms with E-state index in [1.54, 1.807) is 0 Å². The fourth-order valence-electron chi connectivity index (χ4n) is 4.44. The summed E-state index contributed by atoms with van der Waals surface area (Å²) in [5.74, 6) is 5.84. The lowest BCUT2D eigenvalue weighted by Crippen LogP contribution is -2.02. The Kier molecular flexibility index (Phi) is 13.3. The van der Waals surface area contributed by atoms with Crippen molar-refractivity contribution in [3.05, 3.63) is 119 Å². The van der Waals surface area contributed by atoms with Gasteiger partial charge >= 0.3 is 0 Å². The van der Waals surface area contributed by atoms with E-state index in [-0.39, 0.29) is 0 Å². The molecule has 8 heteroatoms. The van der Waals surface area contributed by atoms with Gasteiger partial charge in [-0.25, -0.2) is 0 Å². The molecule has 0 spiro atoms. The molecular formula is C34H36O4S4. The first-order chi connectivity index (χ1) is 20.7. The minimum atomic E-state index is 0.549. The quantitative estimate of drug-likeness (QED) is 0.0745. The molecule has 0 aliphatic rings. The summed E-state index contributed by atoms with van der Waals surface area (Å²) in [4.78, 5) is 0. The standard InChI is InChI=1S/C34H36O4S4/c39-21-17-35-29-9-1-25(2-10-29)33(26-3-11-30(12-4-26)36-18-22-40)34(27-5-13-31(14-6-27)37-19-23-41)28-7-15-32(16-8-28)38-20-24-42/h1-16,39-42H,17-24H2. The average molecular weight is 637 g/mol. The molecule has 0 aliphatic heterocycles. The zero-order valence-electron chi connectivity index (χ0n) is 23.3. The molecule has 0 aromatic heterocycles. The van der Waals surface area contributed by atoms with Crippen LogP contribution in [0, 0.1) is 0 Å². The van der Waals surface area contributed by atoms with Crippen LogP contribution in [0.25, 0.3) is 11.1 Å². The molecule has 4 rings (SSSR count). The van der Waals surface area contributed by atoms with Gasteiger partial charge in [-0.3, -0.25) is 0 Å². The Hall–Kier alpha value is -2.78. The fourth-order valence-corrected chi connectivity index (χ4v) is 4.80. The Balaban J connectivity index is 1.90. The molecule has 0 N–H and O–H groups in total. The topological polar surface area (TPSA) is 36.9 Å². The number of thiol groups is 4. The molecule has 0 atom stereocenters. The van der Waals surface area contributed by atoms with Crippen LogP contribution in [0.2, 0.25) is 0 Å². The largest absolute Gasteiger partial charge is 0.493 e. The highest BCUT2D eigenvalue weighted by molar-refractivity contribution is 7.80. The molecule has 4 aromatic carbocycles. The van der Waals surface area contributed by atoms with Crippen molar-refractivity contribution in [1.82, 2.24) is 0 Å². The van der Waals surface area contributed by atoms with Gasteiger partial charge in [-0.15, -0.1) is 0 Å². The van der Waals surface area contributed by atoms with Crippen molar-refractivity contribution in [2.75, 3.05) is 49.4 Å². The Morgan fingerprint density at radius 2 is 0.524 bits per heavy atom. The van der Waals surface area contributed by atoms with E-state index < -0.39 is 0 Å². The Bertz CT molecular complexity index is 1170. The summed E-state index contributed by atoms with van der Waals surface area (Å²) in [6.07, 6.45) is 0. The van der Waals surface area contributed by atoms with Crippen molar-refractivity contribution in [3.8, 4) is 23.0 Å². The van der Waals surface area contributed by atoms with Gasteiger partial charge in [0.25, 0.3) is 0 Å². The third-order valence-electron chi connectivity index (χ3n) is 6.26. The highest BCUT2D eigenvalue weighted by Gasteiger charge is 2.17. The molecule has 4 aromatic rings. The van der Waals surface area contributed by atoms with Crippen molar-refractivity contribution in [1.29, 1.82) is 0 Å². The van der Waals surface area contributed by atoms with Crippen LogP contribution in [0.15, 0.2) is 97.1 Å². The molecule has 220 valence electrons. The summed E-state index contributed by atoms with van der Waals surface area (Å²) in [6, 6.07) is 32.8. The maximum absolute atomic E-state index is 5.82. The Labute approximate surface area is 271 Å². The molecule has 0 bridgehead atoms. The molecule has 0 saturated carbocycles. The van der Waals surface area contributed by atoms with Gasteiger partial charge in [-0.05, 0) is 81.9 Å². The van der Waals surface area contributed by atoms with Crippen molar-refractivity contribution in [2.24, 2.45) is 0 Å². The number of benzene rings is 4. The van der Waals surface area contributed by atoms with Gasteiger partial charge < -0.3 is 18.9 Å². The van der Waals surface area contributed by atoms with Crippen molar-refractivity contribution in [2.45, 2.75) is 0 Å². The molecule has 0 heterocycles. The van der Waals surface area contributed by atoms with Crippen LogP contribution in [0.4, 0.5) is 0 Å². The van der Waals surface area contributed by atoms with Gasteiger partial charge in [-0.2, -0.15) is 50.5 Å². The second-order valence-electron chi connectivity index (χ2n) is 9.14. The van der Waals surface area contributed by atoms with Gasteiger partial charge in [0.15, 0.2) is 0 Å². The lowest BCUT2D eigenvalue weighted by atomic mass is 9.85. The van der Waals surface area contributed by atoms with E-state index >= 15 is 0 Å². The van der Waals surface area contributed by atoms with Crippen molar-refractivity contribution >= 4 is 61.7 Å². The van der Waals surface area contributed by atoms with Gasteiger partial charge in [0.2, 0.25) is 0 Å². The smallest absolute Gasteiger partial charge is 0.119 e. The predicted octanol–water partition coefficient (Wildman–Crippen LogP) is 7.93. The van der Waals surface area contributed by atoms with Crippen LogP contribution in [-0.4, -0.2) is 49.4 Å². The fraction of sp³-hybridized carbons (Fsp3) is 0.235. The van der Waals surface area contributed by atoms with E-state index in [0.29, 0.717) is 49.4 Å². The summed E-state index contributed by atoms with van der Waals surface area (Å²) in [5, 5.41) is 0. The molecule has 0 amide bonds. The first kappa shape index (κ1) is 32.1. The number of ether oxygens (including phenoxy) is 4. The maximum atomic E-state index is 5.82. The van der Waals surface area contributed by atoms with Gasteiger partial charge in [0.05, 0.1) is 26.4 Å². The molecule has 4 nitrogen and oxygen atoms in total. The van der Waals surface area contributed by atoms with E-state index in [9.17, 15) is 0 Å². The van der Waals surface area contributed by atoms with Crippen LogP contribution < -0.4 is 18.9 Å². The number of hydrogen-bond donors (Lipinski definition) is 4. The highest BCUT2D eigenvalue weighted by Crippen LogP contribution is 2.39. The van der Waals surface area contributed by atoms with Gasteiger partial charge in [-0.1, -0.05) is 48.5 Å². The van der Waals surface area contributed by atoms with Crippen LogP contribution >= 0.6 is 50.5 Å². The second kappa shape index (κ2) is 17.4. The van der Waals surface area contributed by atoms with E-state index in [0.717, 1.165) is 56.4 Å². The van der Waals surface area contributed by atoms with Crippen LogP contribution in [0.1, 0.15) is 22.3 Å². The van der Waals surface area contributed by atoms with Crippen molar-refractivity contribution in [3.63, 3.8) is 0 Å². The zero-order valence-corrected chi connectivity index (χ0v) is 26.9. The zero-order chi connectivity index (χ0) is 29.6. The van der Waals surface area contributed by atoms with Gasteiger partial charge in [0.1, 0.15) is 23.0 Å². The molecule has 42 heavy (non-hydrogen) atoms. The first-order valence-corrected chi connectivity index (χ1v) is 16.3. The van der Waals surface area contributed by atoms with Crippen LogP contribution in [0.3, 0.4) is 0 Å². The summed E-state index contributed by atoms with van der Waals surface area (Å²) in [7, 11) is 0. The lowest BCUT2D eigenvalue weighted by molar-refractivity contribution is 0.344. The van der Waals surface area contributed by atoms with E-state index in [4.69, 9.17) is 18.9 Å². The molecule has 0 radical (unpaired) electrons. The molecule has 0 aliphatic carbocycles. The normalized spacial score (nSPS) is 10.7. The van der Waals surface area contributed by atoms with Crippen LogP contribution in [-0.2, 0) is 0 Å². The Morgan fingerprint density at radius 3 is 0.690 bits per heavy atom. The third kappa shape index (κ3) is 9.11. The van der Waals surface area contributed by atoms with E-state index in [1.807, 2.05) is 48.5 Å². The monoisotopic (exact) mass is 636 g/mol. The number of rotatable bonds is 16. The first-order valence-electron chi connectivity index (χ1n) is 13.8. The molecule has 0 unspecified atom stereocenters. The predicted molar refractivity (Wildman–Crippen MR) is 188 cm³/mol.